The van der Waals surface area contributed by atoms with Gasteiger partial charge in [-0.15, -0.1) is 0 Å². The number of hydrogen-bond donors (Lipinski definition) is 1. The Morgan fingerprint density at radius 3 is 2.24 bits per heavy atom. The Labute approximate surface area is 216 Å². The Morgan fingerprint density at radius 2 is 1.63 bits per heavy atom. The summed E-state index contributed by atoms with van der Waals surface area (Å²) in [6.07, 6.45) is -8.11. The first-order valence-electron chi connectivity index (χ1n) is 12.1. The number of pyridine rings is 1. The zero-order chi connectivity index (χ0) is 27.3. The zero-order valence-electron chi connectivity index (χ0n) is 20.3. The Kier molecular flexibility index (Phi) is 8.52. The lowest BCUT2D eigenvalue weighted by Gasteiger charge is -2.16. The molecule has 0 spiro atoms. The molecule has 1 saturated carbocycles. The van der Waals surface area contributed by atoms with Gasteiger partial charge in [-0.25, -0.2) is 4.98 Å². The SMILES string of the molecule is OC(CN=C(COCC1CC1)Cc1ccccc1)c1cc(-c2ccc(C(F)(F)F)cc2)nc(C(F)(F)F)c1. The molecule has 0 aliphatic heterocycles. The topological polar surface area (TPSA) is 54.7 Å². The van der Waals surface area contributed by atoms with E-state index in [2.05, 4.69) is 9.98 Å². The lowest BCUT2D eigenvalue weighted by atomic mass is 10.0. The van der Waals surface area contributed by atoms with E-state index >= 15 is 0 Å². The van der Waals surface area contributed by atoms with E-state index in [0.29, 0.717) is 24.7 Å². The third-order valence-corrected chi connectivity index (χ3v) is 6.09. The molecule has 202 valence electrons. The minimum absolute atomic E-state index is 0.0549. The zero-order valence-corrected chi connectivity index (χ0v) is 20.3. The van der Waals surface area contributed by atoms with Crippen LogP contribution in [0.25, 0.3) is 11.3 Å². The lowest BCUT2D eigenvalue weighted by Crippen LogP contribution is -2.16. The predicted molar refractivity (Wildman–Crippen MR) is 131 cm³/mol. The second kappa shape index (κ2) is 11.7. The predicted octanol–water partition coefficient (Wildman–Crippen LogP) is 6.93. The molecule has 0 saturated heterocycles. The number of halogens is 6. The van der Waals surface area contributed by atoms with Crippen LogP contribution in [0.5, 0.6) is 0 Å². The third kappa shape index (κ3) is 7.88. The van der Waals surface area contributed by atoms with Gasteiger partial charge in [0, 0.05) is 24.3 Å². The fourth-order valence-electron chi connectivity index (χ4n) is 3.80. The van der Waals surface area contributed by atoms with Crippen LogP contribution in [-0.4, -0.2) is 35.6 Å². The lowest BCUT2D eigenvalue weighted by molar-refractivity contribution is -0.141. The van der Waals surface area contributed by atoms with Crippen LogP contribution in [0.4, 0.5) is 26.3 Å². The molecule has 1 fully saturated rings. The van der Waals surface area contributed by atoms with E-state index in [1.807, 2.05) is 30.3 Å². The Hall–Kier alpha value is -3.24. The maximum Gasteiger partial charge on any atom is 0.433 e. The van der Waals surface area contributed by atoms with Gasteiger partial charge in [0.1, 0.15) is 5.69 Å². The molecule has 1 aliphatic rings. The van der Waals surface area contributed by atoms with E-state index in [1.165, 1.54) is 6.07 Å². The summed E-state index contributed by atoms with van der Waals surface area (Å²) in [5, 5.41) is 10.8. The molecule has 4 rings (SSSR count). The van der Waals surface area contributed by atoms with Crippen LogP contribution < -0.4 is 0 Å². The molecule has 38 heavy (non-hydrogen) atoms. The van der Waals surface area contributed by atoms with E-state index in [-0.39, 0.29) is 30.0 Å². The second-order valence-corrected chi connectivity index (χ2v) is 9.29. The van der Waals surface area contributed by atoms with Crippen LogP contribution in [0.15, 0.2) is 71.7 Å². The molecular weight excluding hydrogens is 510 g/mol. The number of rotatable bonds is 10. The van der Waals surface area contributed by atoms with E-state index in [0.717, 1.165) is 48.7 Å². The number of aliphatic hydroxyl groups excluding tert-OH is 1. The van der Waals surface area contributed by atoms with Gasteiger partial charge in [0.05, 0.1) is 30.5 Å². The van der Waals surface area contributed by atoms with Crippen molar-refractivity contribution in [3.63, 3.8) is 0 Å². The average Bonchev–Trinajstić information content (AvgIpc) is 3.71. The maximum atomic E-state index is 13.6. The molecule has 10 heteroatoms. The first-order chi connectivity index (χ1) is 18.0. The van der Waals surface area contributed by atoms with Crippen molar-refractivity contribution in [2.24, 2.45) is 10.9 Å². The number of aliphatic hydroxyl groups is 1. The number of ether oxygens (including phenoxy) is 1. The summed E-state index contributed by atoms with van der Waals surface area (Å²) >= 11 is 0. The summed E-state index contributed by atoms with van der Waals surface area (Å²) in [5.74, 6) is 0.541. The third-order valence-electron chi connectivity index (χ3n) is 6.09. The highest BCUT2D eigenvalue weighted by molar-refractivity contribution is 5.87. The molecule has 1 atom stereocenters. The summed E-state index contributed by atoms with van der Waals surface area (Å²) in [7, 11) is 0. The smallest absolute Gasteiger partial charge is 0.386 e. The van der Waals surface area contributed by atoms with Gasteiger partial charge in [-0.05, 0) is 54.2 Å². The van der Waals surface area contributed by atoms with E-state index in [9.17, 15) is 31.4 Å². The number of benzene rings is 2. The van der Waals surface area contributed by atoms with Gasteiger partial charge in [0.2, 0.25) is 0 Å². The molecule has 1 unspecified atom stereocenters. The monoisotopic (exact) mass is 536 g/mol. The van der Waals surface area contributed by atoms with Crippen LogP contribution in [0.1, 0.15) is 41.3 Å². The minimum atomic E-state index is -4.82. The van der Waals surface area contributed by atoms with Crippen LogP contribution in [0, 0.1) is 5.92 Å². The highest BCUT2D eigenvalue weighted by atomic mass is 19.4. The summed E-state index contributed by atoms with van der Waals surface area (Å²) in [6, 6.07) is 15.1. The van der Waals surface area contributed by atoms with Crippen molar-refractivity contribution < 1.29 is 36.2 Å². The fraction of sp³-hybridized carbons (Fsp3) is 0.357. The van der Waals surface area contributed by atoms with Crippen LogP contribution >= 0.6 is 0 Å². The number of nitrogens with zero attached hydrogens (tertiary/aromatic N) is 2. The fourth-order valence-corrected chi connectivity index (χ4v) is 3.80. The van der Waals surface area contributed by atoms with Gasteiger partial charge in [0.25, 0.3) is 0 Å². The van der Waals surface area contributed by atoms with Gasteiger partial charge in [-0.3, -0.25) is 4.99 Å². The van der Waals surface area contributed by atoms with Crippen molar-refractivity contribution in [2.45, 2.75) is 37.7 Å². The minimum Gasteiger partial charge on any atom is -0.386 e. The van der Waals surface area contributed by atoms with Crippen LogP contribution in [0.2, 0.25) is 0 Å². The Bertz CT molecular complexity index is 1240. The molecular formula is C28H26F6N2O2. The first kappa shape index (κ1) is 27.8. The molecule has 0 amide bonds. The summed E-state index contributed by atoms with van der Waals surface area (Å²) in [4.78, 5) is 8.05. The van der Waals surface area contributed by atoms with Gasteiger partial charge in [-0.2, -0.15) is 26.3 Å². The summed E-state index contributed by atoms with van der Waals surface area (Å²) in [6.45, 7) is 0.619. The number of aromatic nitrogens is 1. The molecule has 0 bridgehead atoms. The van der Waals surface area contributed by atoms with Crippen LogP contribution in [-0.2, 0) is 23.5 Å². The maximum absolute atomic E-state index is 13.6. The highest BCUT2D eigenvalue weighted by Crippen LogP contribution is 2.34. The molecule has 4 nitrogen and oxygen atoms in total. The molecule has 1 heterocycles. The number of aliphatic imine (C=N–C) groups is 1. The van der Waals surface area contributed by atoms with Crippen molar-refractivity contribution in [2.75, 3.05) is 19.8 Å². The largest absolute Gasteiger partial charge is 0.433 e. The quantitative estimate of drug-likeness (QED) is 0.226. The molecule has 0 radical (unpaired) electrons. The van der Waals surface area contributed by atoms with E-state index < -0.39 is 29.7 Å². The van der Waals surface area contributed by atoms with Crippen molar-refractivity contribution in [3.8, 4) is 11.3 Å². The molecule has 2 aromatic carbocycles. The van der Waals surface area contributed by atoms with Gasteiger partial charge in [0.15, 0.2) is 0 Å². The van der Waals surface area contributed by atoms with Gasteiger partial charge in [-0.1, -0.05) is 42.5 Å². The van der Waals surface area contributed by atoms with Crippen molar-refractivity contribution in [1.82, 2.24) is 4.98 Å². The number of hydrogen-bond acceptors (Lipinski definition) is 4. The highest BCUT2D eigenvalue weighted by Gasteiger charge is 2.34. The molecule has 3 aromatic rings. The molecule has 1 aromatic heterocycles. The normalized spacial score (nSPS) is 15.5. The van der Waals surface area contributed by atoms with E-state index in [4.69, 9.17) is 4.74 Å². The van der Waals surface area contributed by atoms with Crippen molar-refractivity contribution >= 4 is 5.71 Å². The van der Waals surface area contributed by atoms with Crippen molar-refractivity contribution in [1.29, 1.82) is 0 Å². The summed E-state index contributed by atoms with van der Waals surface area (Å²) < 4.78 is 85.2. The Balaban J connectivity index is 1.57. The Morgan fingerprint density at radius 1 is 0.947 bits per heavy atom. The summed E-state index contributed by atoms with van der Waals surface area (Å²) in [5.41, 5.74) is -0.817. The first-order valence-corrected chi connectivity index (χ1v) is 12.1. The van der Waals surface area contributed by atoms with E-state index in [1.54, 1.807) is 0 Å². The van der Waals surface area contributed by atoms with Gasteiger partial charge < -0.3 is 9.84 Å². The molecule has 1 aliphatic carbocycles. The standard InChI is InChI=1S/C28H26F6N2O2/c29-27(30,31)22-10-8-20(9-11-22)24-13-21(14-26(36-24)28(32,33)34)25(37)15-35-23(17-38-16-19-6-7-19)12-18-4-2-1-3-5-18/h1-5,8-11,13-14,19,25,37H,6-7,12,15-17H2. The average molecular weight is 537 g/mol. The van der Waals surface area contributed by atoms with Crippen molar-refractivity contribution in [3.05, 3.63) is 89.1 Å². The second-order valence-electron chi connectivity index (χ2n) is 9.29. The van der Waals surface area contributed by atoms with Gasteiger partial charge >= 0.3 is 12.4 Å². The molecule has 1 N–H and O–H groups in total. The number of alkyl halides is 6. The van der Waals surface area contributed by atoms with Crippen LogP contribution in [0.3, 0.4) is 0 Å².